The van der Waals surface area contributed by atoms with Crippen LogP contribution in [0.5, 0.6) is 5.75 Å². The van der Waals surface area contributed by atoms with Crippen LogP contribution in [0.3, 0.4) is 0 Å². The van der Waals surface area contributed by atoms with Gasteiger partial charge in [0.2, 0.25) is 0 Å². The zero-order valence-corrected chi connectivity index (χ0v) is 11.1. The minimum absolute atomic E-state index is 0.634. The predicted molar refractivity (Wildman–Crippen MR) is 77.0 cm³/mol. The molecule has 0 radical (unpaired) electrons. The second-order valence-corrected chi connectivity index (χ2v) is 5.11. The Kier molecular flexibility index (Phi) is 3.01. The smallest absolute Gasteiger partial charge is 0.161 e. The van der Waals surface area contributed by atoms with Crippen LogP contribution >= 0.6 is 11.3 Å². The maximum Gasteiger partial charge on any atom is 0.161 e. The number of methoxy groups -OCH3 is 1. The molecule has 0 fully saturated rings. The van der Waals surface area contributed by atoms with Gasteiger partial charge in [-0.15, -0.1) is 11.3 Å². The molecule has 0 N–H and O–H groups in total. The first-order valence-corrected chi connectivity index (χ1v) is 6.62. The second-order valence-electron chi connectivity index (χ2n) is 4.05. The van der Waals surface area contributed by atoms with Crippen molar-refractivity contribution in [2.45, 2.75) is 0 Å². The summed E-state index contributed by atoms with van der Waals surface area (Å²) in [5.74, 6) is 0.839. The van der Waals surface area contributed by atoms with Crippen LogP contribution in [0.4, 0.5) is 0 Å². The SMILES string of the molecule is COc1ccc(-c2ncc(C=O)s2)c2ccccc12. The molecule has 19 heavy (non-hydrogen) atoms. The molecule has 4 heteroatoms. The number of ether oxygens (including phenoxy) is 1. The van der Waals surface area contributed by atoms with Crippen molar-refractivity contribution in [2.24, 2.45) is 0 Å². The van der Waals surface area contributed by atoms with Crippen molar-refractivity contribution >= 4 is 28.4 Å². The molecule has 1 aromatic heterocycles. The molecule has 0 aliphatic carbocycles. The quantitative estimate of drug-likeness (QED) is 0.679. The standard InChI is InChI=1S/C15H11NO2S/c1-18-14-7-6-13(11-4-2-3-5-12(11)14)15-16-8-10(9-17)19-15/h2-9H,1H3. The number of carbonyl (C=O) groups excluding carboxylic acids is 1. The number of hydrogen-bond donors (Lipinski definition) is 0. The molecular formula is C15H11NO2S. The van der Waals surface area contributed by atoms with Gasteiger partial charge in [0.25, 0.3) is 0 Å². The Morgan fingerprint density at radius 2 is 1.95 bits per heavy atom. The van der Waals surface area contributed by atoms with Crippen molar-refractivity contribution < 1.29 is 9.53 Å². The van der Waals surface area contributed by atoms with Gasteiger partial charge in [-0.3, -0.25) is 4.79 Å². The van der Waals surface area contributed by atoms with E-state index < -0.39 is 0 Å². The summed E-state index contributed by atoms with van der Waals surface area (Å²) in [4.78, 5) is 15.7. The third-order valence-electron chi connectivity index (χ3n) is 2.97. The first-order valence-electron chi connectivity index (χ1n) is 5.80. The summed E-state index contributed by atoms with van der Waals surface area (Å²) in [6, 6.07) is 11.9. The van der Waals surface area contributed by atoms with Gasteiger partial charge in [0, 0.05) is 17.1 Å². The minimum atomic E-state index is 0.634. The number of aldehydes is 1. The van der Waals surface area contributed by atoms with E-state index in [4.69, 9.17) is 4.74 Å². The Morgan fingerprint density at radius 1 is 1.16 bits per heavy atom. The van der Waals surface area contributed by atoms with Crippen LogP contribution in [0.25, 0.3) is 21.3 Å². The lowest BCUT2D eigenvalue weighted by atomic mass is 10.0. The Balaban J connectivity index is 2.27. The van der Waals surface area contributed by atoms with E-state index in [0.29, 0.717) is 4.88 Å². The molecule has 0 bridgehead atoms. The van der Waals surface area contributed by atoms with Gasteiger partial charge in [0.15, 0.2) is 6.29 Å². The number of nitrogens with zero attached hydrogens (tertiary/aromatic N) is 1. The normalized spacial score (nSPS) is 10.6. The lowest BCUT2D eigenvalue weighted by molar-refractivity contribution is 0.112. The molecule has 0 aliphatic rings. The third-order valence-corrected chi connectivity index (χ3v) is 3.93. The van der Waals surface area contributed by atoms with Crippen LogP contribution in [0.2, 0.25) is 0 Å². The minimum Gasteiger partial charge on any atom is -0.496 e. The second kappa shape index (κ2) is 4.82. The van der Waals surface area contributed by atoms with Crippen LogP contribution in [-0.4, -0.2) is 18.4 Å². The van der Waals surface area contributed by atoms with Crippen LogP contribution in [-0.2, 0) is 0 Å². The maximum absolute atomic E-state index is 10.8. The highest BCUT2D eigenvalue weighted by atomic mass is 32.1. The summed E-state index contributed by atoms with van der Waals surface area (Å²) in [6.07, 6.45) is 2.43. The number of thiazole rings is 1. The molecule has 0 saturated carbocycles. The molecule has 0 spiro atoms. The molecule has 3 nitrogen and oxygen atoms in total. The third kappa shape index (κ3) is 2.00. The summed E-state index contributed by atoms with van der Waals surface area (Å²) in [5, 5.41) is 2.97. The Labute approximate surface area is 114 Å². The Bertz CT molecular complexity index is 749. The first-order chi connectivity index (χ1) is 9.33. The van der Waals surface area contributed by atoms with Gasteiger partial charge in [0.1, 0.15) is 10.8 Å². The van der Waals surface area contributed by atoms with Crippen LogP contribution in [0, 0.1) is 0 Å². The lowest BCUT2D eigenvalue weighted by Gasteiger charge is -2.08. The van der Waals surface area contributed by atoms with Gasteiger partial charge in [0.05, 0.1) is 12.0 Å². The molecule has 2 aromatic carbocycles. The fourth-order valence-corrected chi connectivity index (χ4v) is 2.87. The number of carbonyl (C=O) groups is 1. The van der Waals surface area contributed by atoms with Crippen molar-refractivity contribution in [2.75, 3.05) is 7.11 Å². The average Bonchev–Trinajstić information content (AvgIpc) is 2.95. The molecule has 3 aromatic rings. The van der Waals surface area contributed by atoms with Gasteiger partial charge >= 0.3 is 0 Å². The van der Waals surface area contributed by atoms with Crippen molar-refractivity contribution in [3.63, 3.8) is 0 Å². The number of aromatic nitrogens is 1. The molecule has 0 aliphatic heterocycles. The zero-order valence-electron chi connectivity index (χ0n) is 10.3. The number of rotatable bonds is 3. The molecule has 0 unspecified atom stereocenters. The van der Waals surface area contributed by atoms with E-state index in [1.807, 2.05) is 36.4 Å². The van der Waals surface area contributed by atoms with Crippen LogP contribution in [0.15, 0.2) is 42.6 Å². The van der Waals surface area contributed by atoms with Crippen molar-refractivity contribution in [1.82, 2.24) is 4.98 Å². The average molecular weight is 269 g/mol. The highest BCUT2D eigenvalue weighted by Crippen LogP contribution is 2.35. The predicted octanol–water partition coefficient (Wildman–Crippen LogP) is 3.78. The van der Waals surface area contributed by atoms with Crippen molar-refractivity contribution in [3.8, 4) is 16.3 Å². The summed E-state index contributed by atoms with van der Waals surface area (Å²) < 4.78 is 5.37. The number of benzene rings is 2. The Hall–Kier alpha value is -2.20. The van der Waals surface area contributed by atoms with Gasteiger partial charge in [-0.05, 0) is 17.5 Å². The van der Waals surface area contributed by atoms with Crippen molar-refractivity contribution in [1.29, 1.82) is 0 Å². The fourth-order valence-electron chi connectivity index (χ4n) is 2.10. The summed E-state index contributed by atoms with van der Waals surface area (Å²) >= 11 is 1.39. The fraction of sp³-hybridized carbons (Fsp3) is 0.0667. The monoisotopic (exact) mass is 269 g/mol. The van der Waals surface area contributed by atoms with Gasteiger partial charge in [-0.1, -0.05) is 24.3 Å². The lowest BCUT2D eigenvalue weighted by Crippen LogP contribution is -1.87. The van der Waals surface area contributed by atoms with E-state index in [1.165, 1.54) is 11.3 Å². The molecule has 94 valence electrons. The largest absolute Gasteiger partial charge is 0.496 e. The van der Waals surface area contributed by atoms with Crippen LogP contribution in [0.1, 0.15) is 9.67 Å². The molecular weight excluding hydrogens is 258 g/mol. The van der Waals surface area contributed by atoms with E-state index >= 15 is 0 Å². The highest BCUT2D eigenvalue weighted by Gasteiger charge is 2.10. The van der Waals surface area contributed by atoms with E-state index in [0.717, 1.165) is 33.4 Å². The first kappa shape index (κ1) is 11.9. The maximum atomic E-state index is 10.8. The summed E-state index contributed by atoms with van der Waals surface area (Å²) in [5.41, 5.74) is 1.02. The molecule has 0 amide bonds. The Morgan fingerprint density at radius 3 is 2.63 bits per heavy atom. The summed E-state index contributed by atoms with van der Waals surface area (Å²) in [6.45, 7) is 0. The molecule has 0 saturated heterocycles. The van der Waals surface area contributed by atoms with E-state index in [1.54, 1.807) is 13.3 Å². The van der Waals surface area contributed by atoms with E-state index in [9.17, 15) is 4.79 Å². The van der Waals surface area contributed by atoms with Gasteiger partial charge in [-0.25, -0.2) is 4.98 Å². The molecule has 0 atom stereocenters. The van der Waals surface area contributed by atoms with Gasteiger partial charge < -0.3 is 4.74 Å². The van der Waals surface area contributed by atoms with Crippen molar-refractivity contribution in [3.05, 3.63) is 47.5 Å². The molecule has 3 rings (SSSR count). The highest BCUT2D eigenvalue weighted by molar-refractivity contribution is 7.16. The zero-order chi connectivity index (χ0) is 13.2. The number of hydrogen-bond acceptors (Lipinski definition) is 4. The topological polar surface area (TPSA) is 39.2 Å². The van der Waals surface area contributed by atoms with E-state index in [-0.39, 0.29) is 0 Å². The molecule has 1 heterocycles. The number of fused-ring (bicyclic) bond motifs is 1. The van der Waals surface area contributed by atoms with E-state index in [2.05, 4.69) is 4.98 Å². The van der Waals surface area contributed by atoms with Gasteiger partial charge in [-0.2, -0.15) is 0 Å². The van der Waals surface area contributed by atoms with Crippen LogP contribution < -0.4 is 4.74 Å². The summed E-state index contributed by atoms with van der Waals surface area (Å²) in [7, 11) is 1.66.